The molecule has 0 aliphatic heterocycles. The minimum atomic E-state index is -5.09. The van der Waals surface area contributed by atoms with E-state index in [2.05, 4.69) is 4.74 Å². The normalized spacial score (nSPS) is 11.3. The molecular formula is C16H14F3NO3. The summed E-state index contributed by atoms with van der Waals surface area (Å²) in [6.07, 6.45) is -5.09. The standard InChI is InChI=1S/C16H14F3NO3/c1-10-3-4-11-5-6-13(8-12(11)7-10)20(9-14(21)23-2)15(22)16(17,18)19/h3-8H,9H2,1-2H3. The molecule has 2 aromatic carbocycles. The maximum Gasteiger partial charge on any atom is 0.471 e. The van der Waals surface area contributed by atoms with Crippen molar-refractivity contribution in [2.24, 2.45) is 0 Å². The Morgan fingerprint density at radius 3 is 2.35 bits per heavy atom. The van der Waals surface area contributed by atoms with Gasteiger partial charge in [0.05, 0.1) is 7.11 Å². The quantitative estimate of drug-likeness (QED) is 0.814. The molecule has 2 aromatic rings. The van der Waals surface area contributed by atoms with E-state index in [-0.39, 0.29) is 5.69 Å². The van der Waals surface area contributed by atoms with Crippen LogP contribution in [0, 0.1) is 6.92 Å². The summed E-state index contributed by atoms with van der Waals surface area (Å²) in [7, 11) is 1.04. The predicted molar refractivity (Wildman–Crippen MR) is 79.1 cm³/mol. The van der Waals surface area contributed by atoms with Crippen molar-refractivity contribution in [3.63, 3.8) is 0 Å². The van der Waals surface area contributed by atoms with E-state index in [0.29, 0.717) is 10.3 Å². The van der Waals surface area contributed by atoms with Crippen LogP contribution in [0.4, 0.5) is 18.9 Å². The Balaban J connectivity index is 2.49. The first kappa shape index (κ1) is 16.8. The van der Waals surface area contributed by atoms with Crippen LogP contribution in [-0.2, 0) is 14.3 Å². The van der Waals surface area contributed by atoms with E-state index >= 15 is 0 Å². The monoisotopic (exact) mass is 325 g/mol. The molecule has 0 aliphatic rings. The number of benzene rings is 2. The molecular weight excluding hydrogens is 311 g/mol. The van der Waals surface area contributed by atoms with Gasteiger partial charge in [-0.25, -0.2) is 0 Å². The molecule has 2 rings (SSSR count). The van der Waals surface area contributed by atoms with E-state index in [1.54, 1.807) is 12.1 Å². The van der Waals surface area contributed by atoms with Gasteiger partial charge in [-0.2, -0.15) is 13.2 Å². The number of nitrogens with zero attached hydrogens (tertiary/aromatic N) is 1. The molecule has 0 aromatic heterocycles. The highest BCUT2D eigenvalue weighted by Gasteiger charge is 2.43. The van der Waals surface area contributed by atoms with Crippen molar-refractivity contribution in [3.05, 3.63) is 42.0 Å². The van der Waals surface area contributed by atoms with Crippen LogP contribution >= 0.6 is 0 Å². The number of methoxy groups -OCH3 is 1. The van der Waals surface area contributed by atoms with Gasteiger partial charge in [-0.1, -0.05) is 29.8 Å². The summed E-state index contributed by atoms with van der Waals surface area (Å²) in [6, 6.07) is 9.88. The Kier molecular flexibility index (Phi) is 4.58. The number of halogens is 3. The lowest BCUT2D eigenvalue weighted by atomic mass is 10.1. The van der Waals surface area contributed by atoms with Crippen molar-refractivity contribution in [2.75, 3.05) is 18.6 Å². The molecule has 4 nitrogen and oxygen atoms in total. The number of rotatable bonds is 3. The van der Waals surface area contributed by atoms with Crippen molar-refractivity contribution >= 4 is 28.3 Å². The number of amides is 1. The lowest BCUT2D eigenvalue weighted by Gasteiger charge is -2.23. The maximum atomic E-state index is 12.8. The smallest absolute Gasteiger partial charge is 0.468 e. The molecule has 122 valence electrons. The van der Waals surface area contributed by atoms with Crippen LogP contribution in [-0.4, -0.2) is 31.7 Å². The Morgan fingerprint density at radius 1 is 1.09 bits per heavy atom. The van der Waals surface area contributed by atoms with E-state index in [0.717, 1.165) is 18.1 Å². The van der Waals surface area contributed by atoms with E-state index in [9.17, 15) is 22.8 Å². The highest BCUT2D eigenvalue weighted by Crippen LogP contribution is 2.27. The minimum Gasteiger partial charge on any atom is -0.468 e. The van der Waals surface area contributed by atoms with Crippen molar-refractivity contribution in [2.45, 2.75) is 13.1 Å². The number of aryl methyl sites for hydroxylation is 1. The summed E-state index contributed by atoms with van der Waals surface area (Å²) in [5.41, 5.74) is 0.909. The summed E-state index contributed by atoms with van der Waals surface area (Å²) >= 11 is 0. The van der Waals surface area contributed by atoms with Gasteiger partial charge in [0, 0.05) is 5.69 Å². The number of esters is 1. The molecule has 1 amide bonds. The SMILES string of the molecule is COC(=O)CN(C(=O)C(F)(F)F)c1ccc2ccc(C)cc2c1. The van der Waals surface area contributed by atoms with E-state index in [1.807, 2.05) is 19.1 Å². The number of fused-ring (bicyclic) bond motifs is 1. The molecule has 7 heteroatoms. The Labute approximate surface area is 130 Å². The van der Waals surface area contributed by atoms with Gasteiger partial charge < -0.3 is 4.74 Å². The van der Waals surface area contributed by atoms with Crippen molar-refractivity contribution in [3.8, 4) is 0 Å². The molecule has 0 N–H and O–H groups in total. The van der Waals surface area contributed by atoms with Gasteiger partial charge in [-0.3, -0.25) is 14.5 Å². The number of alkyl halides is 3. The fourth-order valence-electron chi connectivity index (χ4n) is 2.15. The molecule has 0 spiro atoms. The highest BCUT2D eigenvalue weighted by atomic mass is 19.4. The lowest BCUT2D eigenvalue weighted by Crippen LogP contribution is -2.44. The molecule has 0 bridgehead atoms. The topological polar surface area (TPSA) is 46.6 Å². The van der Waals surface area contributed by atoms with Crippen molar-refractivity contribution in [1.82, 2.24) is 0 Å². The van der Waals surface area contributed by atoms with Gasteiger partial charge in [0.25, 0.3) is 0 Å². The number of hydrogen-bond donors (Lipinski definition) is 0. The largest absolute Gasteiger partial charge is 0.471 e. The zero-order valence-corrected chi connectivity index (χ0v) is 12.5. The van der Waals surface area contributed by atoms with Crippen molar-refractivity contribution < 1.29 is 27.5 Å². The average Bonchev–Trinajstić information content (AvgIpc) is 2.50. The number of carbonyl (C=O) groups is 2. The third-order valence-electron chi connectivity index (χ3n) is 3.29. The molecule has 0 aliphatic carbocycles. The zero-order valence-electron chi connectivity index (χ0n) is 12.5. The van der Waals surface area contributed by atoms with Gasteiger partial charge in [0.15, 0.2) is 0 Å². The van der Waals surface area contributed by atoms with Gasteiger partial charge in [0.2, 0.25) is 0 Å². The predicted octanol–water partition coefficient (Wildman–Crippen LogP) is 3.22. The molecule has 0 saturated heterocycles. The van der Waals surface area contributed by atoms with Crippen molar-refractivity contribution in [1.29, 1.82) is 0 Å². The van der Waals surface area contributed by atoms with Crippen LogP contribution in [0.2, 0.25) is 0 Å². The summed E-state index contributed by atoms with van der Waals surface area (Å²) in [4.78, 5) is 23.3. The number of anilines is 1. The number of hydrogen-bond acceptors (Lipinski definition) is 3. The first-order valence-electron chi connectivity index (χ1n) is 6.68. The van der Waals surface area contributed by atoms with Gasteiger partial charge in [-0.15, -0.1) is 0 Å². The Bertz CT molecular complexity index is 756. The fourth-order valence-corrected chi connectivity index (χ4v) is 2.15. The van der Waals surface area contributed by atoms with Crippen LogP contribution in [0.15, 0.2) is 36.4 Å². The highest BCUT2D eigenvalue weighted by molar-refractivity contribution is 6.02. The van der Waals surface area contributed by atoms with Crippen LogP contribution in [0.3, 0.4) is 0 Å². The molecule has 0 heterocycles. The Hall–Kier alpha value is -2.57. The summed E-state index contributed by atoms with van der Waals surface area (Å²) < 4.78 is 42.7. The van der Waals surface area contributed by atoms with E-state index in [1.165, 1.54) is 12.1 Å². The maximum absolute atomic E-state index is 12.8. The molecule has 0 atom stereocenters. The second kappa shape index (κ2) is 6.28. The number of ether oxygens (including phenoxy) is 1. The van der Waals surface area contributed by atoms with Gasteiger partial charge >= 0.3 is 18.1 Å². The molecule has 0 fully saturated rings. The summed E-state index contributed by atoms with van der Waals surface area (Å²) in [5.74, 6) is -3.05. The fraction of sp³-hybridized carbons (Fsp3) is 0.250. The Morgan fingerprint density at radius 2 is 1.74 bits per heavy atom. The first-order valence-corrected chi connectivity index (χ1v) is 6.68. The summed E-state index contributed by atoms with van der Waals surface area (Å²) in [5, 5.41) is 1.49. The second-order valence-corrected chi connectivity index (χ2v) is 5.00. The third-order valence-corrected chi connectivity index (χ3v) is 3.29. The molecule has 0 radical (unpaired) electrons. The number of carbonyl (C=O) groups excluding carboxylic acids is 2. The molecule has 0 unspecified atom stereocenters. The van der Waals surface area contributed by atoms with E-state index < -0.39 is 24.6 Å². The lowest BCUT2D eigenvalue weighted by molar-refractivity contribution is -0.171. The van der Waals surface area contributed by atoms with Crippen LogP contribution in [0.5, 0.6) is 0 Å². The average molecular weight is 325 g/mol. The van der Waals surface area contributed by atoms with Gasteiger partial charge in [-0.05, 0) is 29.8 Å². The zero-order chi connectivity index (χ0) is 17.2. The first-order chi connectivity index (χ1) is 10.7. The van der Waals surface area contributed by atoms with Gasteiger partial charge in [0.1, 0.15) is 6.54 Å². The van der Waals surface area contributed by atoms with Crippen LogP contribution in [0.25, 0.3) is 10.8 Å². The minimum absolute atomic E-state index is 0.0178. The van der Waals surface area contributed by atoms with Crippen LogP contribution < -0.4 is 4.90 Å². The molecule has 0 saturated carbocycles. The summed E-state index contributed by atoms with van der Waals surface area (Å²) in [6.45, 7) is 1.03. The van der Waals surface area contributed by atoms with Crippen LogP contribution in [0.1, 0.15) is 5.56 Å². The van der Waals surface area contributed by atoms with E-state index in [4.69, 9.17) is 0 Å². The molecule has 23 heavy (non-hydrogen) atoms. The second-order valence-electron chi connectivity index (χ2n) is 5.00. The third kappa shape index (κ3) is 3.80.